The minimum absolute atomic E-state index is 0.107. The fraction of sp³-hybridized carbons (Fsp3) is 0.300. The molecule has 4 nitrogen and oxygen atoms in total. The fourth-order valence-corrected chi connectivity index (χ4v) is 6.18. The summed E-state index contributed by atoms with van der Waals surface area (Å²) in [4.78, 5) is 0.982. The number of sulfonamides is 1. The summed E-state index contributed by atoms with van der Waals surface area (Å²) in [5.41, 5.74) is 1.68. The second-order valence-corrected chi connectivity index (χ2v) is 10.3. The fourth-order valence-electron chi connectivity index (χ4n) is 3.50. The molecule has 7 heteroatoms. The number of fused-ring (bicyclic) bond motifs is 1. The van der Waals surface area contributed by atoms with Gasteiger partial charge in [-0.3, -0.25) is 0 Å². The van der Waals surface area contributed by atoms with E-state index in [1.165, 1.54) is 28.2 Å². The quantitative estimate of drug-likeness (QED) is 0.637. The van der Waals surface area contributed by atoms with Crippen LogP contribution >= 0.6 is 22.7 Å². The van der Waals surface area contributed by atoms with Crippen molar-refractivity contribution in [3.63, 3.8) is 0 Å². The first-order valence-corrected chi connectivity index (χ1v) is 12.2. The first kappa shape index (κ1) is 18.8. The lowest BCUT2D eigenvalue weighted by molar-refractivity contribution is 0.0903. The zero-order chi connectivity index (χ0) is 18.9. The van der Waals surface area contributed by atoms with Gasteiger partial charge in [-0.15, -0.1) is 11.3 Å². The Kier molecular flexibility index (Phi) is 5.22. The molecule has 0 fully saturated rings. The highest BCUT2D eigenvalue weighted by Crippen LogP contribution is 2.34. The number of aliphatic hydroxyl groups is 1. The molecule has 4 rings (SSSR count). The smallest absolute Gasteiger partial charge is 0.240 e. The second-order valence-electron chi connectivity index (χ2n) is 6.81. The van der Waals surface area contributed by atoms with Crippen LogP contribution in [-0.2, 0) is 28.5 Å². The predicted molar refractivity (Wildman–Crippen MR) is 110 cm³/mol. The van der Waals surface area contributed by atoms with Crippen molar-refractivity contribution in [2.24, 2.45) is 0 Å². The molecule has 0 spiro atoms. The van der Waals surface area contributed by atoms with E-state index in [9.17, 15) is 13.5 Å². The number of thiophene rings is 2. The summed E-state index contributed by atoms with van der Waals surface area (Å²) >= 11 is 2.89. The molecule has 1 aliphatic carbocycles. The normalized spacial score (nSPS) is 16.6. The van der Waals surface area contributed by atoms with Crippen LogP contribution in [-0.4, -0.2) is 20.1 Å². The van der Waals surface area contributed by atoms with Crippen LogP contribution in [0.4, 0.5) is 0 Å². The van der Waals surface area contributed by atoms with Crippen LogP contribution in [0.1, 0.15) is 34.4 Å². The SMILES string of the molecule is O=S(=O)(NC[C@@](O)(c1ccsc1)c1cccs1)c1ccc2c(c1)CCCC2. The van der Waals surface area contributed by atoms with Gasteiger partial charge in [-0.05, 0) is 77.2 Å². The first-order valence-electron chi connectivity index (χ1n) is 8.89. The maximum atomic E-state index is 12.9. The van der Waals surface area contributed by atoms with E-state index < -0.39 is 15.6 Å². The van der Waals surface area contributed by atoms with E-state index in [4.69, 9.17) is 0 Å². The molecule has 3 aromatic rings. The Bertz CT molecular complexity index is 975. The maximum Gasteiger partial charge on any atom is 0.240 e. The lowest BCUT2D eigenvalue weighted by Crippen LogP contribution is -2.41. The van der Waals surface area contributed by atoms with Gasteiger partial charge in [0.1, 0.15) is 5.60 Å². The van der Waals surface area contributed by atoms with Gasteiger partial charge in [0, 0.05) is 17.0 Å². The minimum atomic E-state index is -3.71. The highest BCUT2D eigenvalue weighted by Gasteiger charge is 2.35. The van der Waals surface area contributed by atoms with Crippen LogP contribution in [0.2, 0.25) is 0 Å². The zero-order valence-electron chi connectivity index (χ0n) is 14.7. The van der Waals surface area contributed by atoms with Gasteiger partial charge in [0.25, 0.3) is 0 Å². The van der Waals surface area contributed by atoms with Crippen molar-refractivity contribution in [3.05, 3.63) is 74.1 Å². The molecule has 2 N–H and O–H groups in total. The summed E-state index contributed by atoms with van der Waals surface area (Å²) in [5, 5.41) is 16.9. The Morgan fingerprint density at radius 2 is 1.89 bits per heavy atom. The van der Waals surface area contributed by atoms with E-state index in [-0.39, 0.29) is 11.4 Å². The number of nitrogens with one attached hydrogen (secondary N) is 1. The highest BCUT2D eigenvalue weighted by molar-refractivity contribution is 7.89. The van der Waals surface area contributed by atoms with Gasteiger partial charge in [0.05, 0.1) is 4.90 Å². The van der Waals surface area contributed by atoms with Crippen LogP contribution in [0.15, 0.2) is 57.4 Å². The third-order valence-corrected chi connectivity index (χ3v) is 8.18. The van der Waals surface area contributed by atoms with E-state index in [1.807, 2.05) is 40.4 Å². The number of rotatable bonds is 6. The molecule has 0 saturated heterocycles. The molecule has 2 aromatic heterocycles. The molecule has 0 bridgehead atoms. The first-order chi connectivity index (χ1) is 13.0. The molecule has 1 atom stereocenters. The number of benzene rings is 1. The molecular formula is C20H21NO3S3. The molecule has 142 valence electrons. The van der Waals surface area contributed by atoms with Crippen LogP contribution in [0.3, 0.4) is 0 Å². The van der Waals surface area contributed by atoms with E-state index in [2.05, 4.69) is 4.72 Å². The van der Waals surface area contributed by atoms with Gasteiger partial charge in [-0.2, -0.15) is 11.3 Å². The third kappa shape index (κ3) is 3.75. The zero-order valence-corrected chi connectivity index (χ0v) is 17.2. The van der Waals surface area contributed by atoms with Crippen molar-refractivity contribution in [1.82, 2.24) is 4.72 Å². The molecule has 27 heavy (non-hydrogen) atoms. The second kappa shape index (κ2) is 7.48. The van der Waals surface area contributed by atoms with E-state index in [0.29, 0.717) is 10.4 Å². The van der Waals surface area contributed by atoms with Crippen LogP contribution in [0.25, 0.3) is 0 Å². The van der Waals surface area contributed by atoms with Crippen molar-refractivity contribution in [2.75, 3.05) is 6.54 Å². The van der Waals surface area contributed by atoms with Crippen molar-refractivity contribution < 1.29 is 13.5 Å². The largest absolute Gasteiger partial charge is 0.378 e. The molecule has 2 heterocycles. The standard InChI is InChI=1S/C20H21NO3S3/c22-20(17-9-11-25-13-17,19-6-3-10-26-19)14-21-27(23,24)18-8-7-15-4-1-2-5-16(15)12-18/h3,6-13,21-22H,1-2,4-5,14H2/t20-/m1/s1. The van der Waals surface area contributed by atoms with Crippen molar-refractivity contribution in [2.45, 2.75) is 36.2 Å². The molecule has 1 aliphatic rings. The minimum Gasteiger partial charge on any atom is -0.378 e. The van der Waals surface area contributed by atoms with Gasteiger partial charge in [0.15, 0.2) is 0 Å². The lowest BCUT2D eigenvalue weighted by Gasteiger charge is -2.27. The summed E-state index contributed by atoms with van der Waals surface area (Å²) in [6, 6.07) is 10.9. The summed E-state index contributed by atoms with van der Waals surface area (Å²) in [7, 11) is -3.71. The Balaban J connectivity index is 1.61. The maximum absolute atomic E-state index is 12.9. The van der Waals surface area contributed by atoms with Crippen molar-refractivity contribution in [3.8, 4) is 0 Å². The Hall–Kier alpha value is -1.51. The topological polar surface area (TPSA) is 66.4 Å². The summed E-state index contributed by atoms with van der Waals surface area (Å²) in [5.74, 6) is 0. The Morgan fingerprint density at radius 3 is 2.59 bits per heavy atom. The number of hydrogen-bond acceptors (Lipinski definition) is 5. The molecule has 1 aromatic carbocycles. The van der Waals surface area contributed by atoms with Gasteiger partial charge < -0.3 is 5.11 Å². The van der Waals surface area contributed by atoms with E-state index >= 15 is 0 Å². The van der Waals surface area contributed by atoms with Gasteiger partial charge in [0.2, 0.25) is 10.0 Å². The van der Waals surface area contributed by atoms with Gasteiger partial charge >= 0.3 is 0 Å². The third-order valence-electron chi connectivity index (χ3n) is 5.08. The van der Waals surface area contributed by atoms with Crippen LogP contribution in [0, 0.1) is 0 Å². The van der Waals surface area contributed by atoms with Gasteiger partial charge in [-0.1, -0.05) is 12.1 Å². The molecule has 0 saturated carbocycles. The Morgan fingerprint density at radius 1 is 1.07 bits per heavy atom. The van der Waals surface area contributed by atoms with E-state index in [0.717, 1.165) is 31.2 Å². The van der Waals surface area contributed by atoms with Crippen LogP contribution in [0.5, 0.6) is 0 Å². The molecule has 0 aliphatic heterocycles. The average Bonchev–Trinajstić information content (AvgIpc) is 3.40. The number of hydrogen-bond donors (Lipinski definition) is 2. The molecule has 0 amide bonds. The summed E-state index contributed by atoms with van der Waals surface area (Å²) in [6.07, 6.45) is 4.19. The Labute approximate surface area is 167 Å². The average molecular weight is 420 g/mol. The van der Waals surface area contributed by atoms with E-state index in [1.54, 1.807) is 12.1 Å². The number of aryl methyl sites for hydroxylation is 2. The molecule has 0 radical (unpaired) electrons. The lowest BCUT2D eigenvalue weighted by atomic mass is 9.92. The van der Waals surface area contributed by atoms with Crippen molar-refractivity contribution in [1.29, 1.82) is 0 Å². The van der Waals surface area contributed by atoms with Gasteiger partial charge in [-0.25, -0.2) is 13.1 Å². The molecular weight excluding hydrogens is 398 g/mol. The molecule has 0 unspecified atom stereocenters. The van der Waals surface area contributed by atoms with Crippen molar-refractivity contribution >= 4 is 32.7 Å². The monoisotopic (exact) mass is 419 g/mol. The summed E-state index contributed by atoms with van der Waals surface area (Å²) < 4.78 is 28.4. The predicted octanol–water partition coefficient (Wildman–Crippen LogP) is 3.90. The van der Waals surface area contributed by atoms with Crippen LogP contribution < -0.4 is 4.72 Å². The summed E-state index contributed by atoms with van der Waals surface area (Å²) in [6.45, 7) is -0.107. The highest BCUT2D eigenvalue weighted by atomic mass is 32.2.